The predicted molar refractivity (Wildman–Crippen MR) is 55.5 cm³/mol. The molecule has 0 aromatic heterocycles. The largest absolute Gasteiger partial charge is 0.497 e. The molecule has 0 aliphatic rings. The van der Waals surface area contributed by atoms with Crippen molar-refractivity contribution in [1.82, 2.24) is 0 Å². The van der Waals surface area contributed by atoms with Crippen LogP contribution in [0.15, 0.2) is 18.2 Å². The van der Waals surface area contributed by atoms with Crippen molar-refractivity contribution in [2.75, 3.05) is 21.0 Å². The molecule has 4 heteroatoms. The Labute approximate surface area is 88.8 Å². The standard InChI is InChI=1S/C11H14O4/c1-8(12)10-5-4-9(14-3)6-11(10)15-7-13-2/h4-6H,7H2,1-3H3. The number of ketones is 1. The summed E-state index contributed by atoms with van der Waals surface area (Å²) in [6, 6.07) is 5.05. The van der Waals surface area contributed by atoms with Crippen molar-refractivity contribution in [1.29, 1.82) is 0 Å². The highest BCUT2D eigenvalue weighted by Gasteiger charge is 2.09. The van der Waals surface area contributed by atoms with Gasteiger partial charge in [0.25, 0.3) is 0 Å². The summed E-state index contributed by atoms with van der Waals surface area (Å²) in [5.74, 6) is 1.07. The van der Waals surface area contributed by atoms with Crippen molar-refractivity contribution in [2.24, 2.45) is 0 Å². The Morgan fingerprint density at radius 1 is 1.33 bits per heavy atom. The maximum absolute atomic E-state index is 11.3. The van der Waals surface area contributed by atoms with Crippen LogP contribution in [0, 0.1) is 0 Å². The molecule has 1 aromatic carbocycles. The van der Waals surface area contributed by atoms with Crippen LogP contribution in [0.5, 0.6) is 11.5 Å². The molecule has 0 saturated heterocycles. The lowest BCUT2D eigenvalue weighted by atomic mass is 10.1. The van der Waals surface area contributed by atoms with E-state index in [1.807, 2.05) is 0 Å². The van der Waals surface area contributed by atoms with Gasteiger partial charge in [-0.3, -0.25) is 4.79 Å². The molecule has 0 heterocycles. The fourth-order valence-corrected chi connectivity index (χ4v) is 1.16. The van der Waals surface area contributed by atoms with Gasteiger partial charge in [0, 0.05) is 13.2 Å². The molecule has 0 aliphatic carbocycles. The molecule has 1 rings (SSSR count). The van der Waals surface area contributed by atoms with Gasteiger partial charge < -0.3 is 14.2 Å². The first-order valence-electron chi connectivity index (χ1n) is 4.49. The summed E-state index contributed by atoms with van der Waals surface area (Å²) in [5, 5.41) is 0. The smallest absolute Gasteiger partial charge is 0.188 e. The second kappa shape index (κ2) is 5.36. The lowest BCUT2D eigenvalue weighted by Crippen LogP contribution is -2.04. The van der Waals surface area contributed by atoms with Crippen molar-refractivity contribution >= 4 is 5.78 Å². The first kappa shape index (κ1) is 11.5. The molecule has 15 heavy (non-hydrogen) atoms. The lowest BCUT2D eigenvalue weighted by molar-refractivity contribution is 0.0501. The Kier molecular flexibility index (Phi) is 4.12. The Bertz CT molecular complexity index is 346. The average molecular weight is 210 g/mol. The third kappa shape index (κ3) is 2.95. The molecule has 0 unspecified atom stereocenters. The van der Waals surface area contributed by atoms with Crippen LogP contribution in [0.1, 0.15) is 17.3 Å². The topological polar surface area (TPSA) is 44.8 Å². The maximum Gasteiger partial charge on any atom is 0.188 e. The monoisotopic (exact) mass is 210 g/mol. The number of methoxy groups -OCH3 is 2. The van der Waals surface area contributed by atoms with Gasteiger partial charge >= 0.3 is 0 Å². The number of carbonyl (C=O) groups excluding carboxylic acids is 1. The van der Waals surface area contributed by atoms with Gasteiger partial charge in [-0.15, -0.1) is 0 Å². The lowest BCUT2D eigenvalue weighted by Gasteiger charge is -2.10. The van der Waals surface area contributed by atoms with E-state index in [4.69, 9.17) is 14.2 Å². The molecular formula is C11H14O4. The van der Waals surface area contributed by atoms with Gasteiger partial charge in [-0.1, -0.05) is 0 Å². The molecule has 1 aromatic rings. The summed E-state index contributed by atoms with van der Waals surface area (Å²) in [5.41, 5.74) is 0.521. The highest BCUT2D eigenvalue weighted by molar-refractivity contribution is 5.97. The summed E-state index contributed by atoms with van der Waals surface area (Å²) in [4.78, 5) is 11.3. The van der Waals surface area contributed by atoms with Gasteiger partial charge in [-0.05, 0) is 19.1 Å². The van der Waals surface area contributed by atoms with Gasteiger partial charge in [-0.2, -0.15) is 0 Å². The van der Waals surface area contributed by atoms with E-state index in [2.05, 4.69) is 0 Å². The molecule has 0 atom stereocenters. The van der Waals surface area contributed by atoms with Crippen LogP contribution < -0.4 is 9.47 Å². The summed E-state index contributed by atoms with van der Waals surface area (Å²) in [7, 11) is 3.08. The minimum Gasteiger partial charge on any atom is -0.497 e. The number of benzene rings is 1. The van der Waals surface area contributed by atoms with Gasteiger partial charge in [0.15, 0.2) is 12.6 Å². The molecular weight excluding hydrogens is 196 g/mol. The Morgan fingerprint density at radius 2 is 2.07 bits per heavy atom. The van der Waals surface area contributed by atoms with Crippen LogP contribution in [0.3, 0.4) is 0 Å². The summed E-state index contributed by atoms with van der Waals surface area (Å²) >= 11 is 0. The van der Waals surface area contributed by atoms with Gasteiger partial charge in [0.05, 0.1) is 12.7 Å². The maximum atomic E-state index is 11.3. The fourth-order valence-electron chi connectivity index (χ4n) is 1.16. The number of hydrogen-bond acceptors (Lipinski definition) is 4. The zero-order valence-electron chi connectivity index (χ0n) is 9.07. The van der Waals surface area contributed by atoms with Crippen molar-refractivity contribution in [2.45, 2.75) is 6.92 Å². The number of hydrogen-bond donors (Lipinski definition) is 0. The molecule has 0 N–H and O–H groups in total. The van der Waals surface area contributed by atoms with Crippen molar-refractivity contribution in [3.8, 4) is 11.5 Å². The third-order valence-corrected chi connectivity index (χ3v) is 1.90. The molecule has 0 bridgehead atoms. The van der Waals surface area contributed by atoms with Crippen LogP contribution in [0.25, 0.3) is 0 Å². The summed E-state index contributed by atoms with van der Waals surface area (Å²) in [6.07, 6.45) is 0. The predicted octanol–water partition coefficient (Wildman–Crippen LogP) is 1.88. The SMILES string of the molecule is COCOc1cc(OC)ccc1C(C)=O. The zero-order chi connectivity index (χ0) is 11.3. The minimum absolute atomic E-state index is 0.0521. The molecule has 0 radical (unpaired) electrons. The van der Waals surface area contributed by atoms with E-state index in [0.29, 0.717) is 17.1 Å². The molecule has 0 saturated carbocycles. The number of ether oxygens (including phenoxy) is 3. The van der Waals surface area contributed by atoms with E-state index in [0.717, 1.165) is 0 Å². The van der Waals surface area contributed by atoms with Crippen molar-refractivity contribution < 1.29 is 19.0 Å². The quantitative estimate of drug-likeness (QED) is 0.550. The molecule has 0 fully saturated rings. The zero-order valence-corrected chi connectivity index (χ0v) is 9.07. The number of rotatable bonds is 5. The molecule has 0 amide bonds. The number of carbonyl (C=O) groups is 1. The fraction of sp³-hybridized carbons (Fsp3) is 0.364. The second-order valence-electron chi connectivity index (χ2n) is 2.97. The normalized spacial score (nSPS) is 9.80. The van der Waals surface area contributed by atoms with Gasteiger partial charge in [-0.25, -0.2) is 0 Å². The van der Waals surface area contributed by atoms with E-state index in [-0.39, 0.29) is 12.6 Å². The third-order valence-electron chi connectivity index (χ3n) is 1.90. The molecule has 0 spiro atoms. The average Bonchev–Trinajstić information content (AvgIpc) is 2.25. The van der Waals surface area contributed by atoms with Crippen molar-refractivity contribution in [3.05, 3.63) is 23.8 Å². The van der Waals surface area contributed by atoms with E-state index in [1.165, 1.54) is 14.0 Å². The molecule has 0 aliphatic heterocycles. The minimum atomic E-state index is -0.0521. The Balaban J connectivity index is 2.99. The van der Waals surface area contributed by atoms with E-state index in [1.54, 1.807) is 25.3 Å². The molecule has 82 valence electrons. The van der Waals surface area contributed by atoms with E-state index >= 15 is 0 Å². The number of Topliss-reactive ketones (excluding diaryl/α,β-unsaturated/α-hetero) is 1. The van der Waals surface area contributed by atoms with Gasteiger partial charge in [0.2, 0.25) is 0 Å². The highest BCUT2D eigenvalue weighted by atomic mass is 16.7. The van der Waals surface area contributed by atoms with Crippen LogP contribution in [0.4, 0.5) is 0 Å². The summed E-state index contributed by atoms with van der Waals surface area (Å²) in [6.45, 7) is 1.59. The Morgan fingerprint density at radius 3 is 2.60 bits per heavy atom. The Hall–Kier alpha value is -1.55. The first-order chi connectivity index (χ1) is 7.19. The van der Waals surface area contributed by atoms with Gasteiger partial charge in [0.1, 0.15) is 11.5 Å². The first-order valence-corrected chi connectivity index (χ1v) is 4.49. The second-order valence-corrected chi connectivity index (χ2v) is 2.97. The van der Waals surface area contributed by atoms with Crippen LogP contribution >= 0.6 is 0 Å². The summed E-state index contributed by atoms with van der Waals surface area (Å²) < 4.78 is 15.1. The van der Waals surface area contributed by atoms with Crippen LogP contribution in [0.2, 0.25) is 0 Å². The van der Waals surface area contributed by atoms with E-state index < -0.39 is 0 Å². The van der Waals surface area contributed by atoms with Crippen LogP contribution in [-0.2, 0) is 4.74 Å². The highest BCUT2D eigenvalue weighted by Crippen LogP contribution is 2.25. The van der Waals surface area contributed by atoms with E-state index in [9.17, 15) is 4.79 Å². The van der Waals surface area contributed by atoms with Crippen LogP contribution in [-0.4, -0.2) is 26.8 Å². The molecule has 4 nitrogen and oxygen atoms in total. The van der Waals surface area contributed by atoms with Crippen molar-refractivity contribution in [3.63, 3.8) is 0 Å².